The Morgan fingerprint density at radius 3 is 2.70 bits per heavy atom. The van der Waals surface area contributed by atoms with Crippen LogP contribution in [0.5, 0.6) is 0 Å². The van der Waals surface area contributed by atoms with E-state index in [1.807, 2.05) is 30.3 Å². The maximum atomic E-state index is 11.8. The van der Waals surface area contributed by atoms with E-state index in [0.29, 0.717) is 17.3 Å². The molecule has 0 aliphatic heterocycles. The monoisotopic (exact) mass is 293 g/mol. The number of aromatic nitrogens is 2. The van der Waals surface area contributed by atoms with Gasteiger partial charge in [0, 0.05) is 12.1 Å². The molecule has 106 valence electrons. The zero-order valence-corrected chi connectivity index (χ0v) is 11.9. The second kappa shape index (κ2) is 6.54. The number of benzene rings is 1. The first-order valence-corrected chi connectivity index (χ1v) is 6.71. The summed E-state index contributed by atoms with van der Waals surface area (Å²) in [5.41, 5.74) is 7.39. The molecule has 0 bridgehead atoms. The van der Waals surface area contributed by atoms with Crippen molar-refractivity contribution in [1.82, 2.24) is 9.78 Å². The highest BCUT2D eigenvalue weighted by atomic mass is 35.5. The average molecular weight is 294 g/mol. The Balaban J connectivity index is 2.33. The van der Waals surface area contributed by atoms with Crippen LogP contribution in [0.15, 0.2) is 30.3 Å². The number of hydrogen-bond donors (Lipinski definition) is 1. The lowest BCUT2D eigenvalue weighted by Crippen LogP contribution is -2.10. The maximum absolute atomic E-state index is 11.8. The fraction of sp³-hybridized carbons (Fsp3) is 0.286. The molecule has 0 radical (unpaired) electrons. The van der Waals surface area contributed by atoms with E-state index in [-0.39, 0.29) is 18.8 Å². The van der Waals surface area contributed by atoms with Crippen LogP contribution in [0.25, 0.3) is 0 Å². The van der Waals surface area contributed by atoms with Crippen molar-refractivity contribution in [2.45, 2.75) is 20.0 Å². The minimum absolute atomic E-state index is 0.141. The molecule has 5 nitrogen and oxygen atoms in total. The van der Waals surface area contributed by atoms with Gasteiger partial charge in [-0.25, -0.2) is 9.48 Å². The van der Waals surface area contributed by atoms with Gasteiger partial charge in [0.25, 0.3) is 0 Å². The molecule has 2 aromatic rings. The van der Waals surface area contributed by atoms with Gasteiger partial charge < -0.3 is 10.5 Å². The van der Waals surface area contributed by atoms with Crippen molar-refractivity contribution >= 4 is 17.6 Å². The maximum Gasteiger partial charge on any atom is 0.359 e. The second-order valence-corrected chi connectivity index (χ2v) is 4.54. The first kappa shape index (κ1) is 14.6. The van der Waals surface area contributed by atoms with Crippen LogP contribution in [-0.2, 0) is 17.8 Å². The van der Waals surface area contributed by atoms with Gasteiger partial charge in [-0.3, -0.25) is 0 Å². The first-order valence-electron chi connectivity index (χ1n) is 6.33. The molecule has 0 spiro atoms. The molecule has 6 heteroatoms. The molecule has 0 atom stereocenters. The zero-order chi connectivity index (χ0) is 14.5. The van der Waals surface area contributed by atoms with Crippen LogP contribution in [0.2, 0.25) is 5.15 Å². The van der Waals surface area contributed by atoms with E-state index < -0.39 is 5.97 Å². The number of carbonyl (C=O) groups excluding carboxylic acids is 1. The summed E-state index contributed by atoms with van der Waals surface area (Å²) in [4.78, 5) is 11.8. The van der Waals surface area contributed by atoms with Crippen LogP contribution in [-0.4, -0.2) is 22.4 Å². The fourth-order valence-corrected chi connectivity index (χ4v) is 2.15. The molecule has 0 amide bonds. The number of ether oxygens (including phenoxy) is 1. The summed E-state index contributed by atoms with van der Waals surface area (Å²) in [5, 5.41) is 4.60. The standard InChI is InChI=1S/C14H16ClN3O2/c1-2-20-14(19)12-11(8-16)13(15)18(17-12)9-10-6-4-3-5-7-10/h3-7H,2,8-9,16H2,1H3. The van der Waals surface area contributed by atoms with Crippen LogP contribution < -0.4 is 5.73 Å². The molecular formula is C14H16ClN3O2. The van der Waals surface area contributed by atoms with E-state index in [1.54, 1.807) is 11.6 Å². The molecule has 0 saturated heterocycles. The summed E-state index contributed by atoms with van der Waals surface area (Å²) in [6.07, 6.45) is 0. The van der Waals surface area contributed by atoms with Gasteiger partial charge >= 0.3 is 5.97 Å². The molecule has 1 aromatic heterocycles. The van der Waals surface area contributed by atoms with E-state index >= 15 is 0 Å². The van der Waals surface area contributed by atoms with Gasteiger partial charge in [0.15, 0.2) is 5.69 Å². The lowest BCUT2D eigenvalue weighted by Gasteiger charge is -2.03. The third-order valence-electron chi connectivity index (χ3n) is 2.83. The number of carbonyl (C=O) groups is 1. The molecule has 1 heterocycles. The third kappa shape index (κ3) is 3.00. The lowest BCUT2D eigenvalue weighted by molar-refractivity contribution is 0.0517. The molecular weight excluding hydrogens is 278 g/mol. The molecule has 0 aliphatic rings. The Hall–Kier alpha value is -1.85. The number of halogens is 1. The smallest absolute Gasteiger partial charge is 0.359 e. The van der Waals surface area contributed by atoms with Crippen LogP contribution in [0, 0.1) is 0 Å². The summed E-state index contributed by atoms with van der Waals surface area (Å²) in [6.45, 7) is 2.64. The molecule has 2 rings (SSSR count). The van der Waals surface area contributed by atoms with Gasteiger partial charge in [0.2, 0.25) is 0 Å². The predicted octanol–water partition coefficient (Wildman–Crippen LogP) is 2.22. The second-order valence-electron chi connectivity index (χ2n) is 4.19. The number of esters is 1. The van der Waals surface area contributed by atoms with E-state index in [0.717, 1.165) is 5.56 Å². The van der Waals surface area contributed by atoms with Crippen molar-refractivity contribution in [1.29, 1.82) is 0 Å². The van der Waals surface area contributed by atoms with Gasteiger partial charge in [-0.1, -0.05) is 41.9 Å². The summed E-state index contributed by atoms with van der Waals surface area (Å²) >= 11 is 6.24. The number of nitrogens with two attached hydrogens (primary N) is 1. The summed E-state index contributed by atoms with van der Waals surface area (Å²) < 4.78 is 6.52. The van der Waals surface area contributed by atoms with E-state index in [1.165, 1.54) is 0 Å². The number of rotatable bonds is 5. The van der Waals surface area contributed by atoms with Gasteiger partial charge in [0.05, 0.1) is 13.2 Å². The Labute approximate surface area is 122 Å². The summed E-state index contributed by atoms with van der Waals surface area (Å²) in [6, 6.07) is 9.73. The number of hydrogen-bond acceptors (Lipinski definition) is 4. The van der Waals surface area contributed by atoms with Gasteiger partial charge in [0.1, 0.15) is 5.15 Å². The lowest BCUT2D eigenvalue weighted by atomic mass is 10.2. The molecule has 2 N–H and O–H groups in total. The molecule has 0 unspecified atom stereocenters. The summed E-state index contributed by atoms with van der Waals surface area (Å²) in [7, 11) is 0. The topological polar surface area (TPSA) is 70.1 Å². The largest absolute Gasteiger partial charge is 0.461 e. The van der Waals surface area contributed by atoms with E-state index in [2.05, 4.69) is 5.10 Å². The first-order chi connectivity index (χ1) is 9.67. The molecule has 0 aliphatic carbocycles. The normalized spacial score (nSPS) is 10.6. The Bertz CT molecular complexity index is 596. The van der Waals surface area contributed by atoms with E-state index in [4.69, 9.17) is 22.1 Å². The third-order valence-corrected chi connectivity index (χ3v) is 3.25. The van der Waals surface area contributed by atoms with Crippen LogP contribution in [0.4, 0.5) is 0 Å². The SMILES string of the molecule is CCOC(=O)c1nn(Cc2ccccc2)c(Cl)c1CN. The number of nitrogens with zero attached hydrogens (tertiary/aromatic N) is 2. The van der Waals surface area contributed by atoms with Gasteiger partial charge in [-0.05, 0) is 12.5 Å². The highest BCUT2D eigenvalue weighted by molar-refractivity contribution is 6.30. The molecule has 20 heavy (non-hydrogen) atoms. The van der Waals surface area contributed by atoms with Crippen molar-refractivity contribution < 1.29 is 9.53 Å². The molecule has 0 fully saturated rings. The molecule has 1 aromatic carbocycles. The van der Waals surface area contributed by atoms with Crippen molar-refractivity contribution in [3.05, 3.63) is 52.3 Å². The Kier molecular flexibility index (Phi) is 4.76. The van der Waals surface area contributed by atoms with Crippen LogP contribution >= 0.6 is 11.6 Å². The molecule has 0 saturated carbocycles. The Morgan fingerprint density at radius 1 is 1.40 bits per heavy atom. The van der Waals surface area contributed by atoms with Gasteiger partial charge in [-0.15, -0.1) is 0 Å². The summed E-state index contributed by atoms with van der Waals surface area (Å²) in [5.74, 6) is -0.498. The van der Waals surface area contributed by atoms with Crippen molar-refractivity contribution in [2.24, 2.45) is 5.73 Å². The van der Waals surface area contributed by atoms with Crippen molar-refractivity contribution in [3.8, 4) is 0 Å². The van der Waals surface area contributed by atoms with Gasteiger partial charge in [-0.2, -0.15) is 5.10 Å². The highest BCUT2D eigenvalue weighted by Gasteiger charge is 2.21. The highest BCUT2D eigenvalue weighted by Crippen LogP contribution is 2.21. The predicted molar refractivity (Wildman–Crippen MR) is 76.6 cm³/mol. The fourth-order valence-electron chi connectivity index (χ4n) is 1.88. The van der Waals surface area contributed by atoms with Crippen LogP contribution in [0.1, 0.15) is 28.5 Å². The average Bonchev–Trinajstić information content (AvgIpc) is 2.77. The van der Waals surface area contributed by atoms with Crippen LogP contribution in [0.3, 0.4) is 0 Å². The Morgan fingerprint density at radius 2 is 2.10 bits per heavy atom. The van der Waals surface area contributed by atoms with Crippen molar-refractivity contribution in [2.75, 3.05) is 6.61 Å². The minimum atomic E-state index is -0.498. The van der Waals surface area contributed by atoms with Crippen molar-refractivity contribution in [3.63, 3.8) is 0 Å². The zero-order valence-electron chi connectivity index (χ0n) is 11.2. The minimum Gasteiger partial charge on any atom is -0.461 e. The quantitative estimate of drug-likeness (QED) is 0.858. The van der Waals surface area contributed by atoms with E-state index in [9.17, 15) is 4.79 Å².